The van der Waals surface area contributed by atoms with Crippen LogP contribution in [0.25, 0.3) is 0 Å². The van der Waals surface area contributed by atoms with Crippen LogP contribution in [0.2, 0.25) is 10.0 Å². The van der Waals surface area contributed by atoms with Gasteiger partial charge < -0.3 is 14.7 Å². The predicted molar refractivity (Wildman–Crippen MR) is 148 cm³/mol. The fraction of sp³-hybridized carbons (Fsp3) is 0.321. The number of ether oxygens (including phenoxy) is 1. The molecule has 1 aliphatic heterocycles. The van der Waals surface area contributed by atoms with Gasteiger partial charge in [-0.25, -0.2) is 8.42 Å². The van der Waals surface area contributed by atoms with E-state index in [1.54, 1.807) is 29.2 Å². The van der Waals surface area contributed by atoms with Gasteiger partial charge in [-0.15, -0.1) is 0 Å². The van der Waals surface area contributed by atoms with Gasteiger partial charge in [-0.2, -0.15) is 0 Å². The van der Waals surface area contributed by atoms with Crippen LogP contribution in [-0.4, -0.2) is 43.0 Å². The molecule has 1 heterocycles. The third-order valence-electron chi connectivity index (χ3n) is 7.37. The Morgan fingerprint density at radius 2 is 1.79 bits per heavy atom. The number of para-hydroxylation sites is 1. The second-order valence-corrected chi connectivity index (χ2v) is 12.4. The zero-order chi connectivity index (χ0) is 26.9. The van der Waals surface area contributed by atoms with Crippen molar-refractivity contribution in [3.63, 3.8) is 0 Å². The topological polar surface area (TPSA) is 95.9 Å². The standard InChI is InChI=1S/C28H28Cl2N2O5S/c29-20-8-13-25(23(17-20)27(33)32-16-15-28(34)14-4-3-5-19(28)18-32)31-38(35,36)22-11-9-21(10-12-22)37-26-7-2-1-6-24(26)30/h1-2,6-13,17,19,31,34H,3-5,14-16,18H2/t19-,28-/m0/s1. The fourth-order valence-electron chi connectivity index (χ4n) is 5.25. The van der Waals surface area contributed by atoms with E-state index < -0.39 is 15.6 Å². The molecule has 2 N–H and O–H groups in total. The van der Waals surface area contributed by atoms with Crippen molar-refractivity contribution in [2.45, 2.75) is 42.6 Å². The Hall–Kier alpha value is -2.78. The SMILES string of the molecule is O=C(c1cc(Cl)ccc1NS(=O)(=O)c1ccc(Oc2ccccc2Cl)cc1)N1CC[C@@]2(O)CCCC[C@H]2C1. The number of sulfonamides is 1. The number of nitrogens with one attached hydrogen (secondary N) is 1. The van der Waals surface area contributed by atoms with Gasteiger partial charge in [0.05, 0.1) is 26.8 Å². The van der Waals surface area contributed by atoms with E-state index in [9.17, 15) is 18.3 Å². The van der Waals surface area contributed by atoms with E-state index in [0.29, 0.717) is 41.1 Å². The third-order valence-corrected chi connectivity index (χ3v) is 9.30. The van der Waals surface area contributed by atoms with E-state index in [4.69, 9.17) is 27.9 Å². The van der Waals surface area contributed by atoms with E-state index in [2.05, 4.69) is 4.72 Å². The van der Waals surface area contributed by atoms with Crippen molar-refractivity contribution >= 4 is 44.8 Å². The summed E-state index contributed by atoms with van der Waals surface area (Å²) in [6.07, 6.45) is 4.15. The highest BCUT2D eigenvalue weighted by molar-refractivity contribution is 7.92. The van der Waals surface area contributed by atoms with Crippen molar-refractivity contribution in [3.05, 3.63) is 82.3 Å². The molecular weight excluding hydrogens is 547 g/mol. The van der Waals surface area contributed by atoms with Crippen molar-refractivity contribution in [2.75, 3.05) is 17.8 Å². The fourth-order valence-corrected chi connectivity index (χ4v) is 6.68. The van der Waals surface area contributed by atoms with Gasteiger partial charge in [0.25, 0.3) is 15.9 Å². The zero-order valence-electron chi connectivity index (χ0n) is 20.6. The number of aliphatic hydroxyl groups is 1. The van der Waals surface area contributed by atoms with E-state index in [1.165, 1.54) is 42.5 Å². The van der Waals surface area contributed by atoms with E-state index in [-0.39, 0.29) is 28.0 Å². The van der Waals surface area contributed by atoms with E-state index in [1.807, 2.05) is 0 Å². The van der Waals surface area contributed by atoms with Crippen molar-refractivity contribution < 1.29 is 23.1 Å². The van der Waals surface area contributed by atoms with Crippen molar-refractivity contribution in [1.82, 2.24) is 4.90 Å². The van der Waals surface area contributed by atoms with Gasteiger partial charge in [-0.3, -0.25) is 9.52 Å². The largest absolute Gasteiger partial charge is 0.456 e. The van der Waals surface area contributed by atoms with Gasteiger partial charge in [0.2, 0.25) is 0 Å². The van der Waals surface area contributed by atoms with Gasteiger partial charge in [0, 0.05) is 24.0 Å². The van der Waals surface area contributed by atoms with Crippen LogP contribution in [-0.2, 0) is 10.0 Å². The number of nitrogens with zero attached hydrogens (tertiary/aromatic N) is 1. The summed E-state index contributed by atoms with van der Waals surface area (Å²) in [5.41, 5.74) is -0.420. The molecule has 1 amide bonds. The van der Waals surface area contributed by atoms with Crippen molar-refractivity contribution in [1.29, 1.82) is 0 Å². The molecule has 10 heteroatoms. The minimum Gasteiger partial charge on any atom is -0.456 e. The Labute approximate surface area is 232 Å². The van der Waals surface area contributed by atoms with Crippen LogP contribution in [0.15, 0.2) is 71.6 Å². The number of rotatable bonds is 6. The monoisotopic (exact) mass is 574 g/mol. The molecule has 1 saturated carbocycles. The first-order valence-corrected chi connectivity index (χ1v) is 14.7. The molecule has 0 aromatic heterocycles. The van der Waals surface area contributed by atoms with Crippen LogP contribution in [0, 0.1) is 5.92 Å². The molecule has 7 nitrogen and oxygen atoms in total. The first-order valence-electron chi connectivity index (χ1n) is 12.5. The van der Waals surface area contributed by atoms with Gasteiger partial charge in [0.1, 0.15) is 11.5 Å². The number of piperidine rings is 1. The predicted octanol–water partition coefficient (Wildman–Crippen LogP) is 6.35. The summed E-state index contributed by atoms with van der Waals surface area (Å²) in [6.45, 7) is 0.832. The molecule has 5 rings (SSSR count). The summed E-state index contributed by atoms with van der Waals surface area (Å²) in [6, 6.07) is 17.4. The molecule has 0 unspecified atom stereocenters. The number of carbonyl (C=O) groups excluding carboxylic acids is 1. The van der Waals surface area contributed by atoms with Gasteiger partial charge in [0.15, 0.2) is 0 Å². The summed E-state index contributed by atoms with van der Waals surface area (Å²) in [5.74, 6) is 0.574. The molecule has 200 valence electrons. The Morgan fingerprint density at radius 3 is 2.55 bits per heavy atom. The number of anilines is 1. The van der Waals surface area contributed by atoms with Gasteiger partial charge in [-0.05, 0) is 73.9 Å². The minimum absolute atomic E-state index is 0.00241. The molecule has 2 aliphatic rings. The summed E-state index contributed by atoms with van der Waals surface area (Å²) in [4.78, 5) is 15.2. The first-order chi connectivity index (χ1) is 18.1. The zero-order valence-corrected chi connectivity index (χ0v) is 22.9. The molecular formula is C28H28Cl2N2O5S. The Morgan fingerprint density at radius 1 is 1.03 bits per heavy atom. The van der Waals surface area contributed by atoms with Crippen molar-refractivity contribution in [3.8, 4) is 11.5 Å². The van der Waals surface area contributed by atoms with Crippen LogP contribution in [0.1, 0.15) is 42.5 Å². The Bertz CT molecular complexity index is 1450. The maximum absolute atomic E-state index is 13.5. The first kappa shape index (κ1) is 26.8. The molecule has 2 atom stereocenters. The average Bonchev–Trinajstić information content (AvgIpc) is 2.90. The maximum atomic E-state index is 13.5. The molecule has 3 aromatic rings. The van der Waals surface area contributed by atoms with Crippen LogP contribution in [0.5, 0.6) is 11.5 Å². The molecule has 0 radical (unpaired) electrons. The van der Waals surface area contributed by atoms with Crippen LogP contribution < -0.4 is 9.46 Å². The summed E-state index contributed by atoms with van der Waals surface area (Å²) in [5, 5.41) is 11.7. The second kappa shape index (κ2) is 10.8. The Balaban J connectivity index is 1.34. The van der Waals surface area contributed by atoms with Crippen LogP contribution in [0.4, 0.5) is 5.69 Å². The summed E-state index contributed by atoms with van der Waals surface area (Å²) in [7, 11) is -4.02. The van der Waals surface area contributed by atoms with E-state index >= 15 is 0 Å². The van der Waals surface area contributed by atoms with Gasteiger partial charge >= 0.3 is 0 Å². The lowest BCUT2D eigenvalue weighted by atomic mass is 9.71. The molecule has 3 aromatic carbocycles. The maximum Gasteiger partial charge on any atom is 0.261 e. The third kappa shape index (κ3) is 5.64. The molecule has 38 heavy (non-hydrogen) atoms. The Kier molecular flexibility index (Phi) is 7.60. The quantitative estimate of drug-likeness (QED) is 0.357. The lowest BCUT2D eigenvalue weighted by molar-refractivity contribution is -0.0886. The molecule has 1 aliphatic carbocycles. The van der Waals surface area contributed by atoms with Crippen LogP contribution in [0.3, 0.4) is 0 Å². The number of benzene rings is 3. The smallest absolute Gasteiger partial charge is 0.261 e. The number of hydrogen-bond donors (Lipinski definition) is 2. The summed E-state index contributed by atoms with van der Waals surface area (Å²) < 4.78 is 34.7. The molecule has 0 spiro atoms. The van der Waals surface area contributed by atoms with Crippen LogP contribution >= 0.6 is 23.2 Å². The number of hydrogen-bond acceptors (Lipinski definition) is 5. The molecule has 2 fully saturated rings. The highest BCUT2D eigenvalue weighted by Crippen LogP contribution is 2.40. The number of likely N-dealkylation sites (tertiary alicyclic amines) is 1. The lowest BCUT2D eigenvalue weighted by Crippen LogP contribution is -2.54. The minimum atomic E-state index is -4.02. The lowest BCUT2D eigenvalue weighted by Gasteiger charge is -2.47. The number of amides is 1. The second-order valence-electron chi connectivity index (χ2n) is 9.85. The highest BCUT2D eigenvalue weighted by atomic mass is 35.5. The van der Waals surface area contributed by atoms with Gasteiger partial charge in [-0.1, -0.05) is 48.2 Å². The summed E-state index contributed by atoms with van der Waals surface area (Å²) >= 11 is 12.3. The number of fused-ring (bicyclic) bond motifs is 1. The molecule has 0 bridgehead atoms. The average molecular weight is 576 g/mol. The highest BCUT2D eigenvalue weighted by Gasteiger charge is 2.44. The van der Waals surface area contributed by atoms with Crippen molar-refractivity contribution in [2.24, 2.45) is 5.92 Å². The van der Waals surface area contributed by atoms with E-state index in [0.717, 1.165) is 25.7 Å². The number of halogens is 2. The molecule has 1 saturated heterocycles. The number of carbonyl (C=O) groups is 1. The normalized spacial score (nSPS) is 21.4.